The molecule has 1 aromatic heterocycles. The van der Waals surface area contributed by atoms with Crippen LogP contribution in [-0.4, -0.2) is 24.2 Å². The summed E-state index contributed by atoms with van der Waals surface area (Å²) in [6.07, 6.45) is 4.44. The van der Waals surface area contributed by atoms with Crippen molar-refractivity contribution >= 4 is 28.2 Å². The van der Waals surface area contributed by atoms with E-state index in [1.165, 1.54) is 0 Å². The number of hydrogen-bond donors (Lipinski definition) is 1. The standard InChI is InChI=1S/C16H19ClN2O/c1-2-16-11(6-8-20-16)10-19-14-5-7-18-15-9-12(17)3-4-13(14)15/h3-5,7,9,11,16H,2,6,8,10H2,1H3,(H,18,19). The molecule has 0 saturated carbocycles. The first kappa shape index (κ1) is 13.7. The molecule has 1 aromatic carbocycles. The third-order valence-corrected chi connectivity index (χ3v) is 4.24. The van der Waals surface area contributed by atoms with Crippen LogP contribution in [0.25, 0.3) is 10.9 Å². The molecule has 1 aliphatic rings. The van der Waals surface area contributed by atoms with Gasteiger partial charge in [0.05, 0.1) is 11.6 Å². The number of pyridine rings is 1. The molecule has 106 valence electrons. The monoisotopic (exact) mass is 290 g/mol. The van der Waals surface area contributed by atoms with E-state index < -0.39 is 0 Å². The number of hydrogen-bond acceptors (Lipinski definition) is 3. The van der Waals surface area contributed by atoms with E-state index in [0.29, 0.717) is 12.0 Å². The topological polar surface area (TPSA) is 34.1 Å². The predicted molar refractivity (Wildman–Crippen MR) is 83.4 cm³/mol. The Labute approximate surface area is 124 Å². The Hall–Kier alpha value is -1.32. The second-order valence-electron chi connectivity index (χ2n) is 5.27. The number of aromatic nitrogens is 1. The lowest BCUT2D eigenvalue weighted by Crippen LogP contribution is -2.22. The zero-order valence-corrected chi connectivity index (χ0v) is 12.4. The summed E-state index contributed by atoms with van der Waals surface area (Å²) in [6.45, 7) is 4.02. The SMILES string of the molecule is CCC1OCCC1CNc1ccnc2cc(Cl)ccc12. The lowest BCUT2D eigenvalue weighted by molar-refractivity contribution is 0.0900. The van der Waals surface area contributed by atoms with Gasteiger partial charge in [-0.2, -0.15) is 0 Å². The van der Waals surface area contributed by atoms with Gasteiger partial charge in [0, 0.05) is 41.4 Å². The van der Waals surface area contributed by atoms with Crippen LogP contribution >= 0.6 is 11.6 Å². The number of halogens is 1. The van der Waals surface area contributed by atoms with E-state index in [0.717, 1.165) is 47.6 Å². The first-order valence-electron chi connectivity index (χ1n) is 7.17. The molecule has 3 rings (SSSR count). The Kier molecular flexibility index (Phi) is 4.08. The number of rotatable bonds is 4. The number of nitrogens with zero attached hydrogens (tertiary/aromatic N) is 1. The molecule has 2 atom stereocenters. The van der Waals surface area contributed by atoms with Crippen molar-refractivity contribution < 1.29 is 4.74 Å². The van der Waals surface area contributed by atoms with Gasteiger partial charge in [-0.05, 0) is 37.1 Å². The number of ether oxygens (including phenoxy) is 1. The van der Waals surface area contributed by atoms with Crippen LogP contribution in [0.2, 0.25) is 5.02 Å². The van der Waals surface area contributed by atoms with Crippen molar-refractivity contribution in [2.75, 3.05) is 18.5 Å². The molecule has 3 nitrogen and oxygen atoms in total. The van der Waals surface area contributed by atoms with E-state index in [-0.39, 0.29) is 0 Å². The highest BCUT2D eigenvalue weighted by Gasteiger charge is 2.26. The Balaban J connectivity index is 1.77. The molecular formula is C16H19ClN2O. The Morgan fingerprint density at radius 2 is 2.30 bits per heavy atom. The molecule has 1 N–H and O–H groups in total. The summed E-state index contributed by atoms with van der Waals surface area (Å²) < 4.78 is 5.74. The lowest BCUT2D eigenvalue weighted by atomic mass is 9.99. The molecular weight excluding hydrogens is 272 g/mol. The number of anilines is 1. The lowest BCUT2D eigenvalue weighted by Gasteiger charge is -2.18. The summed E-state index contributed by atoms with van der Waals surface area (Å²) in [5, 5.41) is 5.38. The van der Waals surface area contributed by atoms with Gasteiger partial charge >= 0.3 is 0 Å². The Morgan fingerprint density at radius 3 is 3.15 bits per heavy atom. The molecule has 20 heavy (non-hydrogen) atoms. The van der Waals surface area contributed by atoms with E-state index in [1.807, 2.05) is 30.5 Å². The molecule has 2 aromatic rings. The van der Waals surface area contributed by atoms with Gasteiger partial charge in [0.1, 0.15) is 0 Å². The molecule has 0 amide bonds. The Morgan fingerprint density at radius 1 is 1.40 bits per heavy atom. The highest BCUT2D eigenvalue weighted by molar-refractivity contribution is 6.31. The summed E-state index contributed by atoms with van der Waals surface area (Å²) in [5.41, 5.74) is 2.05. The highest BCUT2D eigenvalue weighted by Crippen LogP contribution is 2.27. The van der Waals surface area contributed by atoms with E-state index in [9.17, 15) is 0 Å². The van der Waals surface area contributed by atoms with Gasteiger partial charge in [-0.1, -0.05) is 18.5 Å². The van der Waals surface area contributed by atoms with Crippen LogP contribution in [0.3, 0.4) is 0 Å². The van der Waals surface area contributed by atoms with E-state index in [2.05, 4.69) is 17.2 Å². The summed E-state index contributed by atoms with van der Waals surface area (Å²) in [7, 11) is 0. The van der Waals surface area contributed by atoms with Crippen molar-refractivity contribution in [1.29, 1.82) is 0 Å². The van der Waals surface area contributed by atoms with Crippen LogP contribution in [0.4, 0.5) is 5.69 Å². The first-order valence-corrected chi connectivity index (χ1v) is 7.55. The fourth-order valence-corrected chi connectivity index (χ4v) is 3.06. The minimum absolute atomic E-state index is 0.394. The fourth-order valence-electron chi connectivity index (χ4n) is 2.89. The molecule has 0 bridgehead atoms. The fraction of sp³-hybridized carbons (Fsp3) is 0.438. The van der Waals surface area contributed by atoms with Crippen molar-refractivity contribution in [2.45, 2.75) is 25.9 Å². The van der Waals surface area contributed by atoms with Crippen molar-refractivity contribution in [3.8, 4) is 0 Å². The number of nitrogens with one attached hydrogen (secondary N) is 1. The van der Waals surface area contributed by atoms with Gasteiger partial charge in [-0.25, -0.2) is 0 Å². The molecule has 1 fully saturated rings. The molecule has 0 aliphatic carbocycles. The van der Waals surface area contributed by atoms with Gasteiger partial charge in [0.25, 0.3) is 0 Å². The minimum atomic E-state index is 0.394. The maximum atomic E-state index is 6.01. The van der Waals surface area contributed by atoms with Crippen molar-refractivity contribution in [2.24, 2.45) is 5.92 Å². The Bertz CT molecular complexity index is 602. The van der Waals surface area contributed by atoms with Crippen molar-refractivity contribution in [1.82, 2.24) is 4.98 Å². The van der Waals surface area contributed by atoms with Crippen LogP contribution in [0.15, 0.2) is 30.5 Å². The molecule has 0 spiro atoms. The summed E-state index contributed by atoms with van der Waals surface area (Å²) in [6, 6.07) is 7.85. The molecule has 2 unspecified atom stereocenters. The molecule has 1 aliphatic heterocycles. The highest BCUT2D eigenvalue weighted by atomic mass is 35.5. The van der Waals surface area contributed by atoms with Crippen molar-refractivity contribution in [3.05, 3.63) is 35.5 Å². The van der Waals surface area contributed by atoms with Crippen LogP contribution in [-0.2, 0) is 4.74 Å². The van der Waals surface area contributed by atoms with Gasteiger partial charge in [0.15, 0.2) is 0 Å². The maximum absolute atomic E-state index is 6.01. The van der Waals surface area contributed by atoms with E-state index in [1.54, 1.807) is 0 Å². The number of benzene rings is 1. The second-order valence-corrected chi connectivity index (χ2v) is 5.70. The van der Waals surface area contributed by atoms with E-state index >= 15 is 0 Å². The summed E-state index contributed by atoms with van der Waals surface area (Å²) in [4.78, 5) is 4.36. The molecule has 2 heterocycles. The zero-order chi connectivity index (χ0) is 13.9. The summed E-state index contributed by atoms with van der Waals surface area (Å²) >= 11 is 6.01. The third-order valence-electron chi connectivity index (χ3n) is 4.01. The number of fused-ring (bicyclic) bond motifs is 1. The van der Waals surface area contributed by atoms with Crippen molar-refractivity contribution in [3.63, 3.8) is 0 Å². The van der Waals surface area contributed by atoms with Crippen LogP contribution < -0.4 is 5.32 Å². The summed E-state index contributed by atoms with van der Waals surface area (Å²) in [5.74, 6) is 0.593. The van der Waals surface area contributed by atoms with Gasteiger partial charge in [-0.15, -0.1) is 0 Å². The quantitative estimate of drug-likeness (QED) is 0.920. The predicted octanol–water partition coefficient (Wildman–Crippen LogP) is 4.12. The van der Waals surface area contributed by atoms with Gasteiger partial charge in [0.2, 0.25) is 0 Å². The molecule has 0 radical (unpaired) electrons. The maximum Gasteiger partial charge on any atom is 0.0737 e. The van der Waals surface area contributed by atoms with Gasteiger partial charge < -0.3 is 10.1 Å². The average Bonchev–Trinajstić information content (AvgIpc) is 2.92. The van der Waals surface area contributed by atoms with Crippen LogP contribution in [0.1, 0.15) is 19.8 Å². The van der Waals surface area contributed by atoms with Crippen LogP contribution in [0.5, 0.6) is 0 Å². The normalized spacial score (nSPS) is 22.3. The second kappa shape index (κ2) is 5.98. The van der Waals surface area contributed by atoms with Gasteiger partial charge in [-0.3, -0.25) is 4.98 Å². The minimum Gasteiger partial charge on any atom is -0.384 e. The third kappa shape index (κ3) is 2.74. The van der Waals surface area contributed by atoms with Crippen LogP contribution in [0, 0.1) is 5.92 Å². The largest absolute Gasteiger partial charge is 0.384 e. The average molecular weight is 291 g/mol. The van der Waals surface area contributed by atoms with E-state index in [4.69, 9.17) is 16.3 Å². The smallest absolute Gasteiger partial charge is 0.0737 e. The first-order chi connectivity index (χ1) is 9.78. The molecule has 4 heteroatoms. The zero-order valence-electron chi connectivity index (χ0n) is 11.6. The molecule has 1 saturated heterocycles.